The predicted octanol–water partition coefficient (Wildman–Crippen LogP) is 0.675. The Morgan fingerprint density at radius 2 is 1.69 bits per heavy atom. The molecule has 2 heterocycles. The highest BCUT2D eigenvalue weighted by atomic mass is 32.2. The first-order valence-corrected chi connectivity index (χ1v) is 10.9. The highest BCUT2D eigenvalue weighted by Gasteiger charge is 2.46. The van der Waals surface area contributed by atoms with Gasteiger partial charge in [-0.3, -0.25) is 14.6 Å². The molecule has 0 aromatic heterocycles. The van der Waals surface area contributed by atoms with Gasteiger partial charge in [0.2, 0.25) is 5.91 Å². The highest BCUT2D eigenvalue weighted by Crippen LogP contribution is 2.28. The van der Waals surface area contributed by atoms with Crippen LogP contribution in [0.1, 0.15) is 16.7 Å². The van der Waals surface area contributed by atoms with Gasteiger partial charge in [0.25, 0.3) is 0 Å². The molecule has 0 saturated carbocycles. The average Bonchev–Trinajstić information content (AvgIpc) is 2.89. The van der Waals surface area contributed by atoms with Gasteiger partial charge in [0.15, 0.2) is 9.84 Å². The molecule has 7 heteroatoms. The number of sulfone groups is 1. The number of benzene rings is 1. The van der Waals surface area contributed by atoms with Crippen molar-refractivity contribution in [1.82, 2.24) is 14.7 Å². The van der Waals surface area contributed by atoms with Crippen LogP contribution in [-0.4, -0.2) is 86.3 Å². The molecule has 2 fully saturated rings. The molecule has 0 N–H and O–H groups in total. The first-order chi connectivity index (χ1) is 12.2. The average molecular weight is 380 g/mol. The molecule has 26 heavy (non-hydrogen) atoms. The molecule has 2 aliphatic rings. The topological polar surface area (TPSA) is 60.9 Å². The number of piperazine rings is 1. The van der Waals surface area contributed by atoms with Crippen LogP contribution in [-0.2, 0) is 21.2 Å². The lowest BCUT2D eigenvalue weighted by atomic mass is 10.0. The van der Waals surface area contributed by atoms with Crippen LogP contribution in [0.4, 0.5) is 0 Å². The van der Waals surface area contributed by atoms with Gasteiger partial charge in [-0.1, -0.05) is 18.2 Å². The zero-order valence-electron chi connectivity index (χ0n) is 16.1. The molecule has 1 aromatic carbocycles. The summed E-state index contributed by atoms with van der Waals surface area (Å²) in [4.78, 5) is 18.0. The van der Waals surface area contributed by atoms with E-state index in [-0.39, 0.29) is 29.5 Å². The molecule has 1 aromatic rings. The summed E-state index contributed by atoms with van der Waals surface area (Å²) in [5.74, 6) is 0.368. The standard InChI is InChI=1S/C19H29N3O3S/c1-14-5-6-16(9-15(14)2)10-21-7-8-22(11-19(23)20(3)4)18-13-26(24,25)12-17(18)21/h5-6,9,17-18H,7-8,10-13H2,1-4H3/t17-,18+/m1/s1. The number of amides is 1. The van der Waals surface area contributed by atoms with Crippen LogP contribution in [0.15, 0.2) is 18.2 Å². The molecule has 0 spiro atoms. The quantitative estimate of drug-likeness (QED) is 0.770. The van der Waals surface area contributed by atoms with Gasteiger partial charge in [-0.15, -0.1) is 0 Å². The minimum Gasteiger partial charge on any atom is -0.348 e. The first kappa shape index (κ1) is 19.3. The Morgan fingerprint density at radius 1 is 1.08 bits per heavy atom. The summed E-state index contributed by atoms with van der Waals surface area (Å²) in [7, 11) is 0.408. The van der Waals surface area contributed by atoms with Crippen molar-refractivity contribution < 1.29 is 13.2 Å². The van der Waals surface area contributed by atoms with Crippen molar-refractivity contribution in [3.63, 3.8) is 0 Å². The molecule has 0 aliphatic carbocycles. The largest absolute Gasteiger partial charge is 0.348 e. The van der Waals surface area contributed by atoms with E-state index in [1.165, 1.54) is 16.7 Å². The molecular weight excluding hydrogens is 350 g/mol. The molecule has 2 saturated heterocycles. The summed E-state index contributed by atoms with van der Waals surface area (Å²) < 4.78 is 24.6. The van der Waals surface area contributed by atoms with Crippen LogP contribution in [0.25, 0.3) is 0 Å². The van der Waals surface area contributed by atoms with Gasteiger partial charge in [-0.2, -0.15) is 0 Å². The summed E-state index contributed by atoms with van der Waals surface area (Å²) in [5.41, 5.74) is 3.74. The lowest BCUT2D eigenvalue weighted by molar-refractivity contribution is -0.131. The summed E-state index contributed by atoms with van der Waals surface area (Å²) in [6.07, 6.45) is 0. The number of hydrogen-bond donors (Lipinski definition) is 0. The zero-order valence-corrected chi connectivity index (χ0v) is 16.9. The van der Waals surface area contributed by atoms with Crippen LogP contribution in [0.3, 0.4) is 0 Å². The van der Waals surface area contributed by atoms with E-state index in [1.54, 1.807) is 19.0 Å². The monoisotopic (exact) mass is 379 g/mol. The molecule has 144 valence electrons. The highest BCUT2D eigenvalue weighted by molar-refractivity contribution is 7.91. The van der Waals surface area contributed by atoms with Crippen LogP contribution in [0.5, 0.6) is 0 Å². The summed E-state index contributed by atoms with van der Waals surface area (Å²) in [5, 5.41) is 0. The van der Waals surface area contributed by atoms with Crippen molar-refractivity contribution in [3.8, 4) is 0 Å². The fourth-order valence-corrected chi connectivity index (χ4v) is 5.98. The van der Waals surface area contributed by atoms with Crippen molar-refractivity contribution in [2.75, 3.05) is 45.2 Å². The van der Waals surface area contributed by atoms with E-state index >= 15 is 0 Å². The predicted molar refractivity (Wildman–Crippen MR) is 103 cm³/mol. The Morgan fingerprint density at radius 3 is 2.31 bits per heavy atom. The van der Waals surface area contributed by atoms with Gasteiger partial charge in [-0.05, 0) is 30.5 Å². The van der Waals surface area contributed by atoms with Crippen molar-refractivity contribution in [2.45, 2.75) is 32.5 Å². The van der Waals surface area contributed by atoms with Crippen LogP contribution in [0, 0.1) is 13.8 Å². The Labute approximate surface area is 156 Å². The number of likely N-dealkylation sites (N-methyl/N-ethyl adjacent to an activating group) is 1. The van der Waals surface area contributed by atoms with Crippen LogP contribution < -0.4 is 0 Å². The van der Waals surface area contributed by atoms with E-state index in [2.05, 4.69) is 41.8 Å². The van der Waals surface area contributed by atoms with Crippen molar-refractivity contribution >= 4 is 15.7 Å². The Kier molecular flexibility index (Phi) is 5.42. The Hall–Kier alpha value is -1.44. The maximum Gasteiger partial charge on any atom is 0.236 e. The second kappa shape index (κ2) is 7.29. The SMILES string of the molecule is Cc1ccc(CN2CCN(CC(=O)N(C)C)[C@H]3CS(=O)(=O)C[C@H]32)cc1C. The maximum absolute atomic E-state index is 12.3. The number of aryl methyl sites for hydroxylation is 2. The van der Waals surface area contributed by atoms with Crippen molar-refractivity contribution in [1.29, 1.82) is 0 Å². The van der Waals surface area contributed by atoms with E-state index < -0.39 is 9.84 Å². The van der Waals surface area contributed by atoms with Gasteiger partial charge in [0.1, 0.15) is 0 Å². The van der Waals surface area contributed by atoms with Gasteiger partial charge in [0.05, 0.1) is 18.1 Å². The van der Waals surface area contributed by atoms with Gasteiger partial charge in [0, 0.05) is 45.8 Å². The third-order valence-electron chi connectivity index (χ3n) is 5.70. The molecule has 0 unspecified atom stereocenters. The third kappa shape index (κ3) is 4.10. The second-order valence-corrected chi connectivity index (χ2v) is 10.0. The molecule has 3 rings (SSSR count). The number of nitrogens with zero attached hydrogens (tertiary/aromatic N) is 3. The fraction of sp³-hybridized carbons (Fsp3) is 0.632. The van der Waals surface area contributed by atoms with E-state index in [9.17, 15) is 13.2 Å². The van der Waals surface area contributed by atoms with Gasteiger partial charge < -0.3 is 4.90 Å². The van der Waals surface area contributed by atoms with Crippen molar-refractivity contribution in [3.05, 3.63) is 34.9 Å². The maximum atomic E-state index is 12.3. The van der Waals surface area contributed by atoms with Gasteiger partial charge in [-0.25, -0.2) is 8.42 Å². The Bertz CT molecular complexity index is 791. The minimum absolute atomic E-state index is 0.0238. The zero-order chi connectivity index (χ0) is 19.1. The molecule has 2 atom stereocenters. The molecule has 0 bridgehead atoms. The van der Waals surface area contributed by atoms with E-state index in [4.69, 9.17) is 0 Å². The lowest BCUT2D eigenvalue weighted by Crippen LogP contribution is -2.60. The number of rotatable bonds is 4. The minimum atomic E-state index is -3.07. The summed E-state index contributed by atoms with van der Waals surface area (Å²) in [6, 6.07) is 6.31. The number of hydrogen-bond acceptors (Lipinski definition) is 5. The first-order valence-electron chi connectivity index (χ1n) is 9.11. The van der Waals surface area contributed by atoms with Crippen LogP contribution in [0.2, 0.25) is 0 Å². The molecule has 0 radical (unpaired) electrons. The Balaban J connectivity index is 1.77. The summed E-state index contributed by atoms with van der Waals surface area (Å²) in [6.45, 7) is 6.76. The van der Waals surface area contributed by atoms with E-state index in [0.29, 0.717) is 6.54 Å². The third-order valence-corrected chi connectivity index (χ3v) is 7.40. The van der Waals surface area contributed by atoms with E-state index in [1.807, 2.05) is 0 Å². The number of carbonyl (C=O) groups excluding carboxylic acids is 1. The fourth-order valence-electron chi connectivity index (χ4n) is 3.94. The summed E-state index contributed by atoms with van der Waals surface area (Å²) >= 11 is 0. The smallest absolute Gasteiger partial charge is 0.236 e. The normalized spacial score (nSPS) is 25.8. The van der Waals surface area contributed by atoms with Gasteiger partial charge >= 0.3 is 0 Å². The molecule has 1 amide bonds. The number of fused-ring (bicyclic) bond motifs is 1. The van der Waals surface area contributed by atoms with Crippen molar-refractivity contribution in [2.24, 2.45) is 0 Å². The lowest BCUT2D eigenvalue weighted by Gasteiger charge is -2.44. The molecule has 2 aliphatic heterocycles. The molecular formula is C19H29N3O3S. The molecule has 6 nitrogen and oxygen atoms in total. The van der Waals surface area contributed by atoms with Crippen LogP contribution >= 0.6 is 0 Å². The van der Waals surface area contributed by atoms with E-state index in [0.717, 1.165) is 19.6 Å². The second-order valence-electron chi connectivity index (χ2n) is 7.86. The number of carbonyl (C=O) groups is 1.